The van der Waals surface area contributed by atoms with Gasteiger partial charge < -0.3 is 15.3 Å². The van der Waals surface area contributed by atoms with Gasteiger partial charge >= 0.3 is 5.97 Å². The first-order valence-corrected chi connectivity index (χ1v) is 12.7. The summed E-state index contributed by atoms with van der Waals surface area (Å²) in [5, 5.41) is 16.0. The van der Waals surface area contributed by atoms with E-state index in [0.717, 1.165) is 10.1 Å². The SMILES string of the molecule is O=C(O)CC(C(=O)NC1CCN(C(=O)C=Cc2cc3ccsc3c(Cl)c2Cl)CC1)c1cccnc1. The summed E-state index contributed by atoms with van der Waals surface area (Å²) < 4.78 is 0.915. The summed E-state index contributed by atoms with van der Waals surface area (Å²) in [6, 6.07) is 7.09. The number of hydrogen-bond donors (Lipinski definition) is 2. The maximum atomic E-state index is 12.8. The first-order valence-electron chi connectivity index (χ1n) is 11.1. The van der Waals surface area contributed by atoms with Crippen LogP contribution in [0.25, 0.3) is 16.2 Å². The predicted octanol–water partition coefficient (Wildman–Crippen LogP) is 4.98. The molecule has 1 fully saturated rings. The van der Waals surface area contributed by atoms with E-state index in [9.17, 15) is 19.5 Å². The van der Waals surface area contributed by atoms with Gasteiger partial charge in [-0.2, -0.15) is 0 Å². The average molecular weight is 532 g/mol. The Morgan fingerprint density at radius 3 is 2.69 bits per heavy atom. The number of carboxylic acid groups (broad SMARTS) is 1. The molecule has 1 aliphatic heterocycles. The molecule has 7 nitrogen and oxygen atoms in total. The van der Waals surface area contributed by atoms with Gasteiger partial charge in [-0.05, 0) is 59.0 Å². The molecule has 0 bridgehead atoms. The molecule has 0 spiro atoms. The third-order valence-corrected chi connectivity index (χ3v) is 7.93. The van der Waals surface area contributed by atoms with Gasteiger partial charge in [0.1, 0.15) is 0 Å². The molecule has 182 valence electrons. The first-order chi connectivity index (χ1) is 16.8. The molecule has 10 heteroatoms. The van der Waals surface area contributed by atoms with Crippen LogP contribution >= 0.6 is 34.5 Å². The molecule has 0 radical (unpaired) electrons. The molecular weight excluding hydrogens is 509 g/mol. The molecule has 1 atom stereocenters. The van der Waals surface area contributed by atoms with Crippen molar-refractivity contribution in [3.63, 3.8) is 0 Å². The quantitative estimate of drug-likeness (QED) is 0.418. The summed E-state index contributed by atoms with van der Waals surface area (Å²) >= 11 is 14.3. The summed E-state index contributed by atoms with van der Waals surface area (Å²) in [5.41, 5.74) is 1.24. The van der Waals surface area contributed by atoms with E-state index in [2.05, 4.69) is 10.3 Å². The summed E-state index contributed by atoms with van der Waals surface area (Å²) in [6.07, 6.45) is 7.08. The zero-order chi connectivity index (χ0) is 24.9. The summed E-state index contributed by atoms with van der Waals surface area (Å²) in [4.78, 5) is 42.6. The van der Waals surface area contributed by atoms with Crippen LogP contribution in [0.3, 0.4) is 0 Å². The Morgan fingerprint density at radius 1 is 1.23 bits per heavy atom. The van der Waals surface area contributed by atoms with Gasteiger partial charge in [0, 0.05) is 37.6 Å². The monoisotopic (exact) mass is 531 g/mol. The summed E-state index contributed by atoms with van der Waals surface area (Å²) in [6.45, 7) is 0.950. The molecule has 2 amide bonds. The molecule has 0 aliphatic carbocycles. The number of benzene rings is 1. The number of thiophene rings is 1. The molecule has 2 N–H and O–H groups in total. The number of amides is 2. The van der Waals surface area contributed by atoms with Crippen molar-refractivity contribution < 1.29 is 19.5 Å². The predicted molar refractivity (Wildman–Crippen MR) is 138 cm³/mol. The van der Waals surface area contributed by atoms with Crippen LogP contribution in [0, 0.1) is 0 Å². The van der Waals surface area contributed by atoms with Gasteiger partial charge in [-0.3, -0.25) is 19.4 Å². The van der Waals surface area contributed by atoms with E-state index in [1.807, 2.05) is 17.5 Å². The van der Waals surface area contributed by atoms with Gasteiger partial charge in [-0.1, -0.05) is 29.3 Å². The number of aliphatic carboxylic acids is 1. The van der Waals surface area contributed by atoms with Crippen LogP contribution in [0.4, 0.5) is 0 Å². The molecule has 3 heterocycles. The van der Waals surface area contributed by atoms with E-state index in [0.29, 0.717) is 47.1 Å². The number of carbonyl (C=O) groups excluding carboxylic acids is 2. The first kappa shape index (κ1) is 25.2. The molecule has 1 unspecified atom stereocenters. The van der Waals surface area contributed by atoms with Gasteiger partial charge in [-0.25, -0.2) is 0 Å². The van der Waals surface area contributed by atoms with Gasteiger partial charge in [0.05, 0.1) is 27.1 Å². The van der Waals surface area contributed by atoms with Crippen LogP contribution in [0.2, 0.25) is 10.0 Å². The molecule has 3 aromatic rings. The number of likely N-dealkylation sites (tertiary alicyclic amines) is 1. The lowest BCUT2D eigenvalue weighted by Gasteiger charge is -2.32. The highest BCUT2D eigenvalue weighted by molar-refractivity contribution is 7.18. The Balaban J connectivity index is 1.34. The smallest absolute Gasteiger partial charge is 0.304 e. The van der Waals surface area contributed by atoms with Crippen molar-refractivity contribution in [3.8, 4) is 0 Å². The highest BCUT2D eigenvalue weighted by atomic mass is 35.5. The van der Waals surface area contributed by atoms with Crippen molar-refractivity contribution in [1.82, 2.24) is 15.2 Å². The van der Waals surface area contributed by atoms with E-state index >= 15 is 0 Å². The molecule has 0 saturated carbocycles. The fourth-order valence-electron chi connectivity index (χ4n) is 4.12. The van der Waals surface area contributed by atoms with E-state index in [-0.39, 0.29) is 24.3 Å². The number of halogens is 2. The number of nitrogens with zero attached hydrogens (tertiary/aromatic N) is 2. The second kappa shape index (κ2) is 11.2. The molecule has 4 rings (SSSR count). The fraction of sp³-hybridized carbons (Fsp3) is 0.280. The van der Waals surface area contributed by atoms with E-state index in [1.54, 1.807) is 29.3 Å². The molecule has 35 heavy (non-hydrogen) atoms. The lowest BCUT2D eigenvalue weighted by Crippen LogP contribution is -2.47. The maximum Gasteiger partial charge on any atom is 0.304 e. The van der Waals surface area contributed by atoms with Crippen LogP contribution in [0.1, 0.15) is 36.3 Å². The van der Waals surface area contributed by atoms with E-state index in [4.69, 9.17) is 23.2 Å². The highest BCUT2D eigenvalue weighted by Crippen LogP contribution is 2.37. The number of rotatable bonds is 7. The zero-order valence-corrected chi connectivity index (χ0v) is 20.9. The summed E-state index contributed by atoms with van der Waals surface area (Å²) in [7, 11) is 0. The minimum atomic E-state index is -1.05. The van der Waals surface area contributed by atoms with Gasteiger partial charge in [0.25, 0.3) is 0 Å². The van der Waals surface area contributed by atoms with E-state index in [1.165, 1.54) is 23.6 Å². The molecular formula is C25H23Cl2N3O4S. The number of pyridine rings is 1. The lowest BCUT2D eigenvalue weighted by molar-refractivity contribution is -0.140. The summed E-state index contributed by atoms with van der Waals surface area (Å²) in [5.74, 6) is -2.37. The van der Waals surface area contributed by atoms with Gasteiger partial charge in [-0.15, -0.1) is 11.3 Å². The Hall–Kier alpha value is -2.94. The number of fused-ring (bicyclic) bond motifs is 1. The molecule has 1 aromatic carbocycles. The number of nitrogens with one attached hydrogen (secondary N) is 1. The third kappa shape index (κ3) is 6.01. The highest BCUT2D eigenvalue weighted by Gasteiger charge is 2.28. The van der Waals surface area contributed by atoms with Gasteiger partial charge in [0.2, 0.25) is 11.8 Å². The second-order valence-electron chi connectivity index (χ2n) is 8.31. The number of aromatic nitrogens is 1. The molecule has 1 saturated heterocycles. The Morgan fingerprint density at radius 2 is 2.00 bits per heavy atom. The Kier molecular flexibility index (Phi) is 8.05. The molecule has 1 aliphatic rings. The fourth-order valence-corrected chi connectivity index (χ4v) is 5.56. The normalized spacial score (nSPS) is 15.4. The Bertz CT molecular complexity index is 1270. The lowest BCUT2D eigenvalue weighted by atomic mass is 9.95. The van der Waals surface area contributed by atoms with E-state index < -0.39 is 11.9 Å². The number of piperidine rings is 1. The zero-order valence-electron chi connectivity index (χ0n) is 18.6. The standard InChI is InChI=1S/C25H23Cl2N3O4S/c26-22-15(12-16-7-11-35-24(16)23(22)27)3-4-20(31)30-9-5-18(6-10-30)29-25(34)19(13-21(32)33)17-2-1-8-28-14-17/h1-4,7-8,11-12,14,18-19H,5-6,9-10,13H2,(H,29,34)(H,32,33). The van der Waals surface area contributed by atoms with Crippen LogP contribution in [-0.2, 0) is 14.4 Å². The van der Waals surface area contributed by atoms with Crippen molar-refractivity contribution in [2.75, 3.05) is 13.1 Å². The van der Waals surface area contributed by atoms with Gasteiger partial charge in [0.15, 0.2) is 0 Å². The molecule has 2 aromatic heterocycles. The maximum absolute atomic E-state index is 12.8. The van der Waals surface area contributed by atoms with Crippen LogP contribution in [-0.4, -0.2) is 51.9 Å². The largest absolute Gasteiger partial charge is 0.481 e. The minimum Gasteiger partial charge on any atom is -0.481 e. The van der Waals surface area contributed by atoms with Crippen molar-refractivity contribution in [2.45, 2.75) is 31.2 Å². The van der Waals surface area contributed by atoms with Crippen LogP contribution in [0.5, 0.6) is 0 Å². The Labute approximate surface area is 216 Å². The van der Waals surface area contributed by atoms with Crippen molar-refractivity contribution in [1.29, 1.82) is 0 Å². The average Bonchev–Trinajstić information content (AvgIpc) is 3.33. The topological polar surface area (TPSA) is 99.6 Å². The third-order valence-electron chi connectivity index (χ3n) is 5.99. The van der Waals surface area contributed by atoms with Crippen molar-refractivity contribution in [2.24, 2.45) is 0 Å². The minimum absolute atomic E-state index is 0.141. The second-order valence-corrected chi connectivity index (χ2v) is 9.98. The van der Waals surface area contributed by atoms with Crippen molar-refractivity contribution in [3.05, 3.63) is 69.3 Å². The van der Waals surface area contributed by atoms with Crippen molar-refractivity contribution >= 4 is 68.5 Å². The number of hydrogen-bond acceptors (Lipinski definition) is 5. The van der Waals surface area contributed by atoms with Crippen LogP contribution < -0.4 is 5.32 Å². The number of carbonyl (C=O) groups is 3. The van der Waals surface area contributed by atoms with Crippen LogP contribution in [0.15, 0.2) is 48.1 Å². The number of carboxylic acids is 1.